The van der Waals surface area contributed by atoms with E-state index in [1.54, 1.807) is 15.6 Å². The van der Waals surface area contributed by atoms with Crippen molar-refractivity contribution in [2.75, 3.05) is 11.6 Å². The largest absolute Gasteiger partial charge is 0.502 e. The van der Waals surface area contributed by atoms with Crippen molar-refractivity contribution in [1.82, 2.24) is 9.58 Å². The van der Waals surface area contributed by atoms with Gasteiger partial charge in [0, 0.05) is 23.7 Å². The minimum Gasteiger partial charge on any atom is -0.502 e. The normalized spacial score (nSPS) is 23.1. The lowest BCUT2D eigenvalue weighted by molar-refractivity contribution is 0.0244. The maximum atomic E-state index is 15.7. The molecular weight excluding hydrogens is 506 g/mol. The molecule has 1 aromatic heterocycles. The summed E-state index contributed by atoms with van der Waals surface area (Å²) in [6.07, 6.45) is 2.41. The molecule has 0 spiro atoms. The van der Waals surface area contributed by atoms with E-state index in [0.29, 0.717) is 18.5 Å². The predicted molar refractivity (Wildman–Crippen MR) is 148 cm³/mol. The topological polar surface area (TPSA) is 65.8 Å². The number of halogens is 2. The fourth-order valence-electron chi connectivity index (χ4n) is 6.22. The molecule has 6 nitrogen and oxygen atoms in total. The summed E-state index contributed by atoms with van der Waals surface area (Å²) in [6.45, 7) is 4.73. The van der Waals surface area contributed by atoms with Crippen LogP contribution in [0.15, 0.2) is 58.4 Å². The number of rotatable bonds is 1. The molecule has 38 heavy (non-hydrogen) atoms. The van der Waals surface area contributed by atoms with Crippen LogP contribution in [0.4, 0.5) is 8.78 Å². The second-order valence-corrected chi connectivity index (χ2v) is 13.2. The molecule has 0 bridgehead atoms. The lowest BCUT2D eigenvalue weighted by Crippen LogP contribution is -2.65. The molecule has 0 saturated carbocycles. The van der Waals surface area contributed by atoms with Crippen LogP contribution in [0.5, 0.6) is 5.75 Å². The molecule has 0 unspecified atom stereocenters. The quantitative estimate of drug-likeness (QED) is 0.488. The van der Waals surface area contributed by atoms with Crippen molar-refractivity contribution in [3.63, 3.8) is 0 Å². The Hall–Kier alpha value is -3.20. The van der Waals surface area contributed by atoms with Crippen molar-refractivity contribution in [2.24, 2.45) is 5.41 Å². The van der Waals surface area contributed by atoms with Gasteiger partial charge in [-0.1, -0.05) is 38.1 Å². The molecule has 11 heteroatoms. The fourth-order valence-corrected chi connectivity index (χ4v) is 7.52. The lowest BCUT2D eigenvalue weighted by Gasteiger charge is -2.54. The zero-order valence-electron chi connectivity index (χ0n) is 21.7. The number of amides is 1. The van der Waals surface area contributed by atoms with Gasteiger partial charge in [-0.05, 0) is 51.6 Å². The highest BCUT2D eigenvalue weighted by molar-refractivity contribution is 8.02. The van der Waals surface area contributed by atoms with Crippen LogP contribution >= 0.6 is 11.8 Å². The third-order valence-electron chi connectivity index (χ3n) is 8.06. The molecule has 2 atom stereocenters. The van der Waals surface area contributed by atoms with Crippen molar-refractivity contribution in [1.29, 1.82) is 0 Å². The Labute approximate surface area is 225 Å². The Morgan fingerprint density at radius 1 is 1.05 bits per heavy atom. The van der Waals surface area contributed by atoms with Crippen LogP contribution < -0.4 is 10.4 Å². The standard InChI is InChI=1S/C27H27B2F2N3O3S/c1-26(2)10-12-32-19(13-26)34(33-11-9-17(35)24(36)23(33)25(32)37)22-14-5-3-4-6-18(14)38-27(28,29)20-15(22)7-8-16(30)21(20)31/h3-9,11,19,22,36H,10,12-13,28-29H2,1-2H3/t19-,22-/m1/s1. The molecule has 3 aromatic rings. The Bertz CT molecular complexity index is 1560. The van der Waals surface area contributed by atoms with E-state index >= 15 is 4.39 Å². The number of fused-ring (bicyclic) bond motifs is 4. The first-order chi connectivity index (χ1) is 17.9. The van der Waals surface area contributed by atoms with Crippen LogP contribution in [-0.4, -0.2) is 49.0 Å². The first-order valence-corrected chi connectivity index (χ1v) is 13.5. The first-order valence-electron chi connectivity index (χ1n) is 12.7. The van der Waals surface area contributed by atoms with Gasteiger partial charge < -0.3 is 10.0 Å². The summed E-state index contributed by atoms with van der Waals surface area (Å²) in [5.41, 5.74) is 0.838. The minimum absolute atomic E-state index is 0.104. The molecule has 2 aromatic carbocycles. The number of piperidine rings is 1. The molecular formula is C27H27B2F2N3O3S. The second-order valence-electron chi connectivity index (χ2n) is 11.6. The van der Waals surface area contributed by atoms with E-state index in [1.807, 2.05) is 45.0 Å². The summed E-state index contributed by atoms with van der Waals surface area (Å²) in [6, 6.07) is 11.1. The van der Waals surface area contributed by atoms with Crippen molar-refractivity contribution >= 4 is 33.4 Å². The van der Waals surface area contributed by atoms with E-state index in [1.165, 1.54) is 24.0 Å². The summed E-state index contributed by atoms with van der Waals surface area (Å²) in [5.74, 6) is -2.85. The van der Waals surface area contributed by atoms with Gasteiger partial charge in [-0.25, -0.2) is 8.78 Å². The van der Waals surface area contributed by atoms with E-state index < -0.39 is 45.5 Å². The van der Waals surface area contributed by atoms with Crippen LogP contribution in [0.3, 0.4) is 0 Å². The predicted octanol–water partition coefficient (Wildman–Crippen LogP) is 2.64. The summed E-state index contributed by atoms with van der Waals surface area (Å²) in [7, 11) is 3.76. The number of benzene rings is 2. The summed E-state index contributed by atoms with van der Waals surface area (Å²) < 4.78 is 31.2. The van der Waals surface area contributed by atoms with E-state index in [-0.39, 0.29) is 16.7 Å². The number of nitrogens with zero attached hydrogens (tertiary/aromatic N) is 3. The number of thioether (sulfide) groups is 1. The van der Waals surface area contributed by atoms with Gasteiger partial charge >= 0.3 is 0 Å². The third kappa shape index (κ3) is 3.61. The summed E-state index contributed by atoms with van der Waals surface area (Å²) >= 11 is 1.46. The van der Waals surface area contributed by atoms with Gasteiger partial charge in [0.1, 0.15) is 21.9 Å². The van der Waals surface area contributed by atoms with Crippen LogP contribution in [-0.2, 0) is 4.55 Å². The van der Waals surface area contributed by atoms with Crippen LogP contribution in [0.1, 0.15) is 59.9 Å². The molecule has 1 saturated heterocycles. The van der Waals surface area contributed by atoms with Gasteiger partial charge in [-0.2, -0.15) is 0 Å². The molecule has 6 rings (SSSR count). The monoisotopic (exact) mass is 533 g/mol. The second kappa shape index (κ2) is 8.40. The van der Waals surface area contributed by atoms with Crippen LogP contribution in [0.2, 0.25) is 0 Å². The highest BCUT2D eigenvalue weighted by Crippen LogP contribution is 2.51. The van der Waals surface area contributed by atoms with Crippen molar-refractivity contribution < 1.29 is 18.7 Å². The molecule has 0 aliphatic carbocycles. The smallest absolute Gasteiger partial charge is 0.278 e. The van der Waals surface area contributed by atoms with Crippen molar-refractivity contribution in [3.8, 4) is 5.75 Å². The third-order valence-corrected chi connectivity index (χ3v) is 9.37. The van der Waals surface area contributed by atoms with Crippen LogP contribution in [0.25, 0.3) is 0 Å². The Balaban J connectivity index is 1.71. The maximum absolute atomic E-state index is 15.7. The molecule has 0 radical (unpaired) electrons. The van der Waals surface area contributed by atoms with E-state index in [9.17, 15) is 19.1 Å². The SMILES string of the molecule is BC1(B)Sc2ccccc2[C@@H](N2[C@@H]3CC(C)(C)CCN3C(=O)c3c(O)c(=O)ccn32)c2ccc(F)c(F)c21. The number of hydrogen-bond acceptors (Lipinski definition) is 5. The first kappa shape index (κ1) is 25.1. The number of carbonyl (C=O) groups is 1. The molecule has 3 aliphatic heterocycles. The zero-order valence-corrected chi connectivity index (χ0v) is 22.5. The summed E-state index contributed by atoms with van der Waals surface area (Å²) in [4.78, 5) is 28.8. The molecule has 3 aliphatic rings. The van der Waals surface area contributed by atoms with Gasteiger partial charge in [0.05, 0.1) is 6.04 Å². The minimum atomic E-state index is -0.918. The molecule has 1 amide bonds. The number of pyridine rings is 1. The van der Waals surface area contributed by atoms with Gasteiger partial charge in [0.15, 0.2) is 23.1 Å². The van der Waals surface area contributed by atoms with Gasteiger partial charge in [0.25, 0.3) is 5.91 Å². The van der Waals surface area contributed by atoms with Gasteiger partial charge in [-0.3, -0.25) is 19.3 Å². The highest BCUT2D eigenvalue weighted by Gasteiger charge is 2.49. The zero-order chi connectivity index (χ0) is 27.1. The Morgan fingerprint density at radius 2 is 1.79 bits per heavy atom. The van der Waals surface area contributed by atoms with E-state index in [2.05, 4.69) is 13.8 Å². The number of carbonyl (C=O) groups excluding carboxylic acids is 1. The summed E-state index contributed by atoms with van der Waals surface area (Å²) in [5, 5.41) is 12.8. The molecule has 1 N–H and O–H groups in total. The Kier molecular flexibility index (Phi) is 5.55. The molecule has 4 heterocycles. The number of aromatic hydroxyl groups is 1. The lowest BCUT2D eigenvalue weighted by atomic mass is 9.63. The van der Waals surface area contributed by atoms with Gasteiger partial charge in [-0.15, -0.1) is 11.8 Å². The van der Waals surface area contributed by atoms with E-state index in [4.69, 9.17) is 0 Å². The highest BCUT2D eigenvalue weighted by atomic mass is 32.2. The molecule has 1 fully saturated rings. The van der Waals surface area contributed by atoms with Gasteiger partial charge in [0.2, 0.25) is 5.43 Å². The number of hydrogen-bond donors (Lipinski definition) is 1. The molecule has 194 valence electrons. The number of aromatic nitrogens is 1. The van der Waals surface area contributed by atoms with Crippen LogP contribution in [0, 0.1) is 17.0 Å². The Morgan fingerprint density at radius 3 is 2.55 bits per heavy atom. The van der Waals surface area contributed by atoms with E-state index in [0.717, 1.165) is 22.9 Å². The van der Waals surface area contributed by atoms with Crippen molar-refractivity contribution in [2.45, 2.75) is 48.3 Å². The average molecular weight is 533 g/mol. The maximum Gasteiger partial charge on any atom is 0.278 e. The fraction of sp³-hybridized carbons (Fsp3) is 0.333. The average Bonchev–Trinajstić information content (AvgIpc) is 2.94. The van der Waals surface area contributed by atoms with Crippen molar-refractivity contribution in [3.05, 3.63) is 92.9 Å².